The standard InChI is InChI=1S/C11H13N3.C2H6/c1-9-4-5-11(10(6-9)7-12)13-8-14(2)3;1-2/h4-6,8H,1-3H3;1-2H3. The van der Waals surface area contributed by atoms with Gasteiger partial charge in [-0.3, -0.25) is 0 Å². The number of hydrogen-bond donors (Lipinski definition) is 0. The zero-order valence-electron chi connectivity index (χ0n) is 10.7. The average molecular weight is 217 g/mol. The first-order valence-corrected chi connectivity index (χ1v) is 5.35. The predicted octanol–water partition coefficient (Wildman–Crippen LogP) is 3.11. The third-order valence-electron chi connectivity index (χ3n) is 1.70. The lowest BCUT2D eigenvalue weighted by Gasteiger charge is -2.03. The Morgan fingerprint density at radius 1 is 1.31 bits per heavy atom. The number of rotatable bonds is 2. The molecule has 0 saturated carbocycles. The van der Waals surface area contributed by atoms with Crippen LogP contribution in [-0.4, -0.2) is 25.3 Å². The lowest BCUT2D eigenvalue weighted by atomic mass is 10.1. The van der Waals surface area contributed by atoms with Crippen LogP contribution in [0.15, 0.2) is 23.2 Å². The number of benzene rings is 1. The van der Waals surface area contributed by atoms with Gasteiger partial charge in [0.15, 0.2) is 0 Å². The molecule has 3 heteroatoms. The fourth-order valence-corrected chi connectivity index (χ4v) is 1.03. The maximum Gasteiger partial charge on any atom is 0.101 e. The second-order valence-corrected chi connectivity index (χ2v) is 3.34. The van der Waals surface area contributed by atoms with Crippen LogP contribution in [0.3, 0.4) is 0 Å². The molecule has 0 aromatic heterocycles. The Balaban J connectivity index is 0.00000106. The van der Waals surface area contributed by atoms with Gasteiger partial charge in [0.25, 0.3) is 0 Å². The molecule has 0 unspecified atom stereocenters. The van der Waals surface area contributed by atoms with Gasteiger partial charge in [0.1, 0.15) is 6.07 Å². The molecule has 0 radical (unpaired) electrons. The first-order valence-electron chi connectivity index (χ1n) is 5.35. The molecule has 0 fully saturated rings. The van der Waals surface area contributed by atoms with E-state index in [1.165, 1.54) is 0 Å². The molecule has 0 saturated heterocycles. The summed E-state index contributed by atoms with van der Waals surface area (Å²) in [5.41, 5.74) is 2.40. The zero-order chi connectivity index (χ0) is 12.6. The van der Waals surface area contributed by atoms with E-state index in [9.17, 15) is 0 Å². The minimum absolute atomic E-state index is 0.614. The molecular formula is C13H19N3. The van der Waals surface area contributed by atoms with Crippen molar-refractivity contribution in [3.05, 3.63) is 29.3 Å². The van der Waals surface area contributed by atoms with E-state index in [0.717, 1.165) is 5.56 Å². The summed E-state index contributed by atoms with van der Waals surface area (Å²) in [6, 6.07) is 7.77. The summed E-state index contributed by atoms with van der Waals surface area (Å²) in [6.45, 7) is 5.96. The molecule has 0 amide bonds. The van der Waals surface area contributed by atoms with Crippen molar-refractivity contribution in [2.45, 2.75) is 20.8 Å². The van der Waals surface area contributed by atoms with Gasteiger partial charge < -0.3 is 4.90 Å². The van der Waals surface area contributed by atoms with Gasteiger partial charge in [0.05, 0.1) is 17.6 Å². The fourth-order valence-electron chi connectivity index (χ4n) is 1.03. The number of nitrogens with zero attached hydrogens (tertiary/aromatic N) is 3. The number of aryl methyl sites for hydroxylation is 1. The number of hydrogen-bond acceptors (Lipinski definition) is 2. The second-order valence-electron chi connectivity index (χ2n) is 3.34. The van der Waals surface area contributed by atoms with Crippen molar-refractivity contribution in [1.82, 2.24) is 4.90 Å². The molecule has 0 bridgehead atoms. The molecule has 16 heavy (non-hydrogen) atoms. The Morgan fingerprint density at radius 3 is 2.44 bits per heavy atom. The van der Waals surface area contributed by atoms with E-state index in [4.69, 9.17) is 5.26 Å². The van der Waals surface area contributed by atoms with Gasteiger partial charge in [0, 0.05) is 14.1 Å². The maximum absolute atomic E-state index is 8.87. The first kappa shape index (κ1) is 14.2. The average Bonchev–Trinajstić information content (AvgIpc) is 2.29. The molecule has 0 aliphatic rings. The largest absolute Gasteiger partial charge is 0.369 e. The van der Waals surface area contributed by atoms with Gasteiger partial charge in [0.2, 0.25) is 0 Å². The Bertz CT molecular complexity index is 387. The summed E-state index contributed by atoms with van der Waals surface area (Å²) >= 11 is 0. The van der Waals surface area contributed by atoms with E-state index in [2.05, 4.69) is 11.1 Å². The molecule has 0 atom stereocenters. The highest BCUT2D eigenvalue weighted by molar-refractivity contribution is 5.65. The van der Waals surface area contributed by atoms with Crippen LogP contribution in [0.25, 0.3) is 0 Å². The highest BCUT2D eigenvalue weighted by Gasteiger charge is 1.99. The van der Waals surface area contributed by atoms with Gasteiger partial charge >= 0.3 is 0 Å². The van der Waals surface area contributed by atoms with E-state index >= 15 is 0 Å². The Hall–Kier alpha value is -1.82. The van der Waals surface area contributed by atoms with Gasteiger partial charge in [-0.2, -0.15) is 5.26 Å². The highest BCUT2D eigenvalue weighted by Crippen LogP contribution is 2.18. The highest BCUT2D eigenvalue weighted by atomic mass is 15.1. The molecule has 1 aromatic rings. The summed E-state index contributed by atoms with van der Waals surface area (Å²) in [4.78, 5) is 6.03. The van der Waals surface area contributed by atoms with E-state index in [1.807, 2.05) is 58.0 Å². The zero-order valence-corrected chi connectivity index (χ0v) is 10.7. The molecular weight excluding hydrogens is 198 g/mol. The monoisotopic (exact) mass is 217 g/mol. The van der Waals surface area contributed by atoms with Crippen LogP contribution in [0.2, 0.25) is 0 Å². The molecule has 0 aliphatic carbocycles. The van der Waals surface area contributed by atoms with Crippen molar-refractivity contribution >= 4 is 12.0 Å². The molecule has 0 N–H and O–H groups in total. The van der Waals surface area contributed by atoms with Gasteiger partial charge in [-0.05, 0) is 24.6 Å². The summed E-state index contributed by atoms with van der Waals surface area (Å²) in [7, 11) is 3.79. The molecule has 0 spiro atoms. The van der Waals surface area contributed by atoms with Crippen LogP contribution in [0.5, 0.6) is 0 Å². The van der Waals surface area contributed by atoms with Crippen molar-refractivity contribution in [2.75, 3.05) is 14.1 Å². The second kappa shape index (κ2) is 7.47. The number of aliphatic imine (C=N–C) groups is 1. The predicted molar refractivity (Wildman–Crippen MR) is 69.1 cm³/mol. The van der Waals surface area contributed by atoms with Crippen LogP contribution < -0.4 is 0 Å². The van der Waals surface area contributed by atoms with Gasteiger partial charge in [-0.1, -0.05) is 19.9 Å². The first-order chi connectivity index (χ1) is 7.63. The van der Waals surface area contributed by atoms with E-state index < -0.39 is 0 Å². The third kappa shape index (κ3) is 4.61. The van der Waals surface area contributed by atoms with E-state index in [-0.39, 0.29) is 0 Å². The van der Waals surface area contributed by atoms with Gasteiger partial charge in [-0.15, -0.1) is 0 Å². The van der Waals surface area contributed by atoms with Crippen molar-refractivity contribution in [3.63, 3.8) is 0 Å². The quantitative estimate of drug-likeness (QED) is 0.564. The van der Waals surface area contributed by atoms with E-state index in [0.29, 0.717) is 11.3 Å². The topological polar surface area (TPSA) is 39.4 Å². The fraction of sp³-hybridized carbons (Fsp3) is 0.385. The molecule has 86 valence electrons. The normalized spacial score (nSPS) is 9.25. The Morgan fingerprint density at radius 2 is 1.94 bits per heavy atom. The Kier molecular flexibility index (Phi) is 6.62. The summed E-state index contributed by atoms with van der Waals surface area (Å²) < 4.78 is 0. The van der Waals surface area contributed by atoms with Crippen molar-refractivity contribution in [1.29, 1.82) is 5.26 Å². The minimum Gasteiger partial charge on any atom is -0.369 e. The molecule has 3 nitrogen and oxygen atoms in total. The summed E-state index contributed by atoms with van der Waals surface area (Å²) in [6.07, 6.45) is 1.69. The minimum atomic E-state index is 0.614. The van der Waals surface area contributed by atoms with Crippen LogP contribution >= 0.6 is 0 Å². The van der Waals surface area contributed by atoms with Crippen molar-refractivity contribution < 1.29 is 0 Å². The third-order valence-corrected chi connectivity index (χ3v) is 1.70. The van der Waals surface area contributed by atoms with Crippen LogP contribution in [0.1, 0.15) is 25.0 Å². The SMILES string of the molecule is CC.Cc1ccc(N=CN(C)C)c(C#N)c1. The summed E-state index contributed by atoms with van der Waals surface area (Å²) in [5.74, 6) is 0. The number of nitriles is 1. The van der Waals surface area contributed by atoms with Crippen LogP contribution in [0.4, 0.5) is 5.69 Å². The van der Waals surface area contributed by atoms with Gasteiger partial charge in [-0.25, -0.2) is 4.99 Å². The lowest BCUT2D eigenvalue weighted by molar-refractivity contribution is 0.643. The Labute approximate surface area is 98.0 Å². The molecule has 0 aliphatic heterocycles. The molecule has 1 aromatic carbocycles. The maximum atomic E-state index is 8.87. The molecule has 1 rings (SSSR count). The lowest BCUT2D eigenvalue weighted by Crippen LogP contribution is -2.07. The van der Waals surface area contributed by atoms with Crippen LogP contribution in [0, 0.1) is 18.3 Å². The van der Waals surface area contributed by atoms with Crippen molar-refractivity contribution in [3.8, 4) is 6.07 Å². The smallest absolute Gasteiger partial charge is 0.101 e. The van der Waals surface area contributed by atoms with Crippen LogP contribution in [-0.2, 0) is 0 Å². The van der Waals surface area contributed by atoms with E-state index in [1.54, 1.807) is 6.34 Å². The molecule has 0 heterocycles. The summed E-state index contributed by atoms with van der Waals surface area (Å²) in [5, 5.41) is 8.87. The van der Waals surface area contributed by atoms with Crippen molar-refractivity contribution in [2.24, 2.45) is 4.99 Å².